The van der Waals surface area contributed by atoms with Crippen molar-refractivity contribution < 1.29 is 9.53 Å². The first kappa shape index (κ1) is 20.9. The molecule has 1 aliphatic heterocycles. The molecule has 2 aromatic heterocycles. The minimum absolute atomic E-state index is 0.0376. The number of nitrogens with zero attached hydrogens (tertiary/aromatic N) is 4. The number of carbonyl (C=O) groups is 1. The lowest BCUT2D eigenvalue weighted by atomic mass is 10.1. The predicted molar refractivity (Wildman–Crippen MR) is 125 cm³/mol. The highest BCUT2D eigenvalue weighted by molar-refractivity contribution is 6.06. The lowest BCUT2D eigenvalue weighted by Crippen LogP contribution is -2.36. The Morgan fingerprint density at radius 3 is 2.91 bits per heavy atom. The summed E-state index contributed by atoms with van der Waals surface area (Å²) in [6, 6.07) is 15.3. The molecule has 0 fully saturated rings. The molecule has 2 aromatic carbocycles. The zero-order valence-corrected chi connectivity index (χ0v) is 18.4. The van der Waals surface area contributed by atoms with Crippen molar-refractivity contribution in [3.8, 4) is 5.75 Å². The van der Waals surface area contributed by atoms with Crippen LogP contribution in [0.15, 0.2) is 65.7 Å². The number of aromatic nitrogens is 4. The third kappa shape index (κ3) is 4.24. The number of carbonyl (C=O) groups excluding carboxylic acids is 1. The molecule has 0 aliphatic carbocycles. The fraction of sp³-hybridized carbons (Fsp3) is 0.280. The van der Waals surface area contributed by atoms with E-state index in [4.69, 9.17) is 4.74 Å². The summed E-state index contributed by atoms with van der Waals surface area (Å²) in [5.74, 6) is 1.37. The van der Waals surface area contributed by atoms with Crippen LogP contribution in [-0.4, -0.2) is 38.4 Å². The van der Waals surface area contributed by atoms with E-state index in [0.717, 1.165) is 34.3 Å². The molecule has 0 saturated carbocycles. The van der Waals surface area contributed by atoms with Crippen LogP contribution in [0.4, 0.5) is 0 Å². The smallest absolute Gasteiger partial charge is 0.346 e. The van der Waals surface area contributed by atoms with Gasteiger partial charge in [0.15, 0.2) is 0 Å². The van der Waals surface area contributed by atoms with Crippen molar-refractivity contribution in [3.05, 3.63) is 88.4 Å². The van der Waals surface area contributed by atoms with Gasteiger partial charge in [0.25, 0.3) is 5.91 Å². The van der Waals surface area contributed by atoms with E-state index >= 15 is 0 Å². The lowest BCUT2D eigenvalue weighted by molar-refractivity contribution is 0.0934. The number of fused-ring (bicyclic) bond motifs is 2. The minimum atomic E-state index is -0.140. The summed E-state index contributed by atoms with van der Waals surface area (Å²) in [5, 5.41) is 9.53. The van der Waals surface area contributed by atoms with Gasteiger partial charge in [0.2, 0.25) is 0 Å². The number of amides is 1. The van der Waals surface area contributed by atoms with Gasteiger partial charge in [-0.25, -0.2) is 9.48 Å². The molecular weight excluding hydrogens is 418 g/mol. The first-order valence-corrected chi connectivity index (χ1v) is 11.1. The van der Waals surface area contributed by atoms with Gasteiger partial charge in [-0.2, -0.15) is 5.10 Å². The van der Waals surface area contributed by atoms with Crippen LogP contribution in [0.3, 0.4) is 0 Å². The molecule has 0 saturated heterocycles. The highest BCUT2D eigenvalue weighted by Crippen LogP contribution is 2.19. The monoisotopic (exact) mass is 443 g/mol. The molecular formula is C25H25N5O3. The Kier molecular flexibility index (Phi) is 5.64. The third-order valence-corrected chi connectivity index (χ3v) is 6.13. The van der Waals surface area contributed by atoms with Gasteiger partial charge < -0.3 is 10.1 Å². The number of aryl methyl sites for hydroxylation is 1. The second kappa shape index (κ2) is 8.90. The van der Waals surface area contributed by atoms with Crippen molar-refractivity contribution in [2.75, 3.05) is 7.11 Å². The molecule has 0 radical (unpaired) electrons. The zero-order chi connectivity index (χ0) is 22.8. The third-order valence-electron chi connectivity index (χ3n) is 6.13. The maximum atomic E-state index is 13.0. The molecule has 0 bridgehead atoms. The van der Waals surface area contributed by atoms with Crippen molar-refractivity contribution in [1.82, 2.24) is 24.6 Å². The van der Waals surface area contributed by atoms with Crippen molar-refractivity contribution in [2.24, 2.45) is 0 Å². The molecule has 1 aliphatic rings. The van der Waals surface area contributed by atoms with Gasteiger partial charge in [0.05, 0.1) is 19.2 Å². The number of pyridine rings is 1. The van der Waals surface area contributed by atoms with Gasteiger partial charge in [-0.1, -0.05) is 36.4 Å². The number of ether oxygens (including phenoxy) is 1. The van der Waals surface area contributed by atoms with Crippen LogP contribution in [0.25, 0.3) is 10.8 Å². The molecule has 0 spiro atoms. The fourth-order valence-corrected chi connectivity index (χ4v) is 4.38. The van der Waals surface area contributed by atoms with Crippen molar-refractivity contribution >= 4 is 16.7 Å². The van der Waals surface area contributed by atoms with Gasteiger partial charge in [0, 0.05) is 36.8 Å². The summed E-state index contributed by atoms with van der Waals surface area (Å²) in [6.07, 6.45) is 5.38. The van der Waals surface area contributed by atoms with Crippen LogP contribution < -0.4 is 15.7 Å². The topological polar surface area (TPSA) is 91.0 Å². The van der Waals surface area contributed by atoms with Crippen molar-refractivity contribution in [2.45, 2.75) is 38.4 Å². The number of hydrogen-bond donors (Lipinski definition) is 1. The highest BCUT2D eigenvalue weighted by Gasteiger charge is 2.23. The van der Waals surface area contributed by atoms with Crippen molar-refractivity contribution in [1.29, 1.82) is 0 Å². The summed E-state index contributed by atoms with van der Waals surface area (Å²) < 4.78 is 8.50. The molecule has 1 amide bonds. The quantitative estimate of drug-likeness (QED) is 0.512. The molecule has 4 aromatic rings. The maximum Gasteiger partial charge on any atom is 0.346 e. The van der Waals surface area contributed by atoms with E-state index < -0.39 is 0 Å². The zero-order valence-electron chi connectivity index (χ0n) is 18.4. The van der Waals surface area contributed by atoms with Gasteiger partial charge in [0.1, 0.15) is 11.6 Å². The van der Waals surface area contributed by atoms with Gasteiger partial charge in [-0.15, -0.1) is 0 Å². The van der Waals surface area contributed by atoms with Crippen LogP contribution in [0, 0.1) is 0 Å². The SMILES string of the molecule is COc1cccc(Cn2nc3n(c2=O)CCC(NC(=O)c2cncc4ccccc24)CC3)c1. The van der Waals surface area contributed by atoms with Gasteiger partial charge >= 0.3 is 5.69 Å². The normalized spacial score (nSPS) is 15.6. The Balaban J connectivity index is 1.29. The van der Waals surface area contributed by atoms with E-state index in [2.05, 4.69) is 15.4 Å². The fourth-order valence-electron chi connectivity index (χ4n) is 4.38. The first-order valence-electron chi connectivity index (χ1n) is 11.1. The molecule has 1 unspecified atom stereocenters. The Morgan fingerprint density at radius 1 is 1.15 bits per heavy atom. The molecule has 1 atom stereocenters. The summed E-state index contributed by atoms with van der Waals surface area (Å²) in [6.45, 7) is 0.912. The van der Waals surface area contributed by atoms with E-state index in [1.807, 2.05) is 48.5 Å². The van der Waals surface area contributed by atoms with Gasteiger partial charge in [-0.05, 0) is 35.9 Å². The molecule has 1 N–H and O–H groups in total. The van der Waals surface area contributed by atoms with E-state index in [0.29, 0.717) is 31.5 Å². The highest BCUT2D eigenvalue weighted by atomic mass is 16.5. The number of hydrogen-bond acceptors (Lipinski definition) is 5. The second-order valence-corrected chi connectivity index (χ2v) is 8.27. The molecule has 5 rings (SSSR count). The van der Waals surface area contributed by atoms with Crippen LogP contribution >= 0.6 is 0 Å². The van der Waals surface area contributed by atoms with Crippen LogP contribution in [0.5, 0.6) is 5.75 Å². The van der Waals surface area contributed by atoms with E-state index in [1.54, 1.807) is 24.1 Å². The molecule has 3 heterocycles. The van der Waals surface area contributed by atoms with Crippen LogP contribution in [-0.2, 0) is 19.5 Å². The molecule has 8 heteroatoms. The summed E-state index contributed by atoms with van der Waals surface area (Å²) >= 11 is 0. The summed E-state index contributed by atoms with van der Waals surface area (Å²) in [5.41, 5.74) is 1.40. The molecule has 33 heavy (non-hydrogen) atoms. The van der Waals surface area contributed by atoms with Gasteiger partial charge in [-0.3, -0.25) is 14.3 Å². The number of methoxy groups -OCH3 is 1. The van der Waals surface area contributed by atoms with Crippen LogP contribution in [0.2, 0.25) is 0 Å². The average Bonchev–Trinajstić information content (AvgIpc) is 3.00. The largest absolute Gasteiger partial charge is 0.497 e. The minimum Gasteiger partial charge on any atom is -0.497 e. The standard InChI is InChI=1S/C25H25N5O3/c1-33-20-7-4-5-17(13-20)16-30-25(32)29-12-11-19(9-10-23(29)28-30)27-24(31)22-15-26-14-18-6-2-3-8-21(18)22/h2-8,13-15,19H,9-12,16H2,1H3,(H,27,31). The average molecular weight is 444 g/mol. The predicted octanol–water partition coefficient (Wildman–Crippen LogP) is 2.78. The Hall–Kier alpha value is -3.94. The lowest BCUT2D eigenvalue weighted by Gasteiger charge is -2.16. The van der Waals surface area contributed by atoms with Crippen LogP contribution in [0.1, 0.15) is 34.6 Å². The number of rotatable bonds is 5. The Bertz CT molecular complexity index is 1370. The number of benzene rings is 2. The van der Waals surface area contributed by atoms with Crippen molar-refractivity contribution in [3.63, 3.8) is 0 Å². The second-order valence-electron chi connectivity index (χ2n) is 8.27. The molecule has 168 valence electrons. The summed E-state index contributed by atoms with van der Waals surface area (Å²) in [7, 11) is 1.62. The summed E-state index contributed by atoms with van der Waals surface area (Å²) in [4.78, 5) is 30.1. The first-order chi connectivity index (χ1) is 16.1. The van der Waals surface area contributed by atoms with E-state index in [-0.39, 0.29) is 17.6 Å². The Labute approximate surface area is 190 Å². The number of nitrogens with one attached hydrogen (secondary N) is 1. The van der Waals surface area contributed by atoms with E-state index in [9.17, 15) is 9.59 Å². The Morgan fingerprint density at radius 2 is 2.03 bits per heavy atom. The van der Waals surface area contributed by atoms with E-state index in [1.165, 1.54) is 4.68 Å². The maximum absolute atomic E-state index is 13.0. The molecule has 8 nitrogen and oxygen atoms in total.